The molecule has 0 atom stereocenters. The third kappa shape index (κ3) is 1.66. The smallest absolute Gasteiger partial charge is 0.0917 e. The molecule has 1 aliphatic carbocycles. The van der Waals surface area contributed by atoms with Crippen LogP contribution in [0.2, 0.25) is 0 Å². The second-order valence-electron chi connectivity index (χ2n) is 4.55. The maximum atomic E-state index is 8.30. The Kier molecular flexibility index (Phi) is 2.29. The molecule has 2 heteroatoms. The van der Waals surface area contributed by atoms with Gasteiger partial charge in [0.2, 0.25) is 0 Å². The van der Waals surface area contributed by atoms with Gasteiger partial charge < -0.3 is 0 Å². The van der Waals surface area contributed by atoms with Gasteiger partial charge in [-0.05, 0) is 36.5 Å². The third-order valence-corrected chi connectivity index (χ3v) is 3.29. The first-order valence-electron chi connectivity index (χ1n) is 5.88. The molecule has 2 aromatic rings. The highest BCUT2D eigenvalue weighted by Gasteiger charge is 2.18. The van der Waals surface area contributed by atoms with Crippen LogP contribution in [0.3, 0.4) is 0 Å². The number of nitrogens with one attached hydrogen (secondary N) is 1. The van der Waals surface area contributed by atoms with Crippen molar-refractivity contribution < 1.29 is 0 Å². The molecular weight excluding hydrogens is 208 g/mol. The minimum Gasteiger partial charge on any atom is -0.298 e. The normalized spacial score (nSPS) is 13.8. The van der Waals surface area contributed by atoms with Gasteiger partial charge in [-0.2, -0.15) is 0 Å². The van der Waals surface area contributed by atoms with Crippen molar-refractivity contribution >= 4 is 5.71 Å². The summed E-state index contributed by atoms with van der Waals surface area (Å²) in [7, 11) is 0. The van der Waals surface area contributed by atoms with Gasteiger partial charge in [-0.1, -0.05) is 30.3 Å². The molecule has 1 aromatic heterocycles. The number of fused-ring (bicyclic) bond motifs is 2. The van der Waals surface area contributed by atoms with Gasteiger partial charge in [-0.25, -0.2) is 0 Å². The SMILES string of the molecule is Cc1cnc2c(c1)CCc1ccccc1C2=N. The third-order valence-electron chi connectivity index (χ3n) is 3.29. The minimum atomic E-state index is 0.563. The number of benzene rings is 1. The number of hydrogen-bond donors (Lipinski definition) is 1. The Balaban J connectivity index is 2.20. The van der Waals surface area contributed by atoms with Crippen molar-refractivity contribution in [3.63, 3.8) is 0 Å². The number of hydrogen-bond acceptors (Lipinski definition) is 2. The highest BCUT2D eigenvalue weighted by molar-refractivity contribution is 6.11. The first kappa shape index (κ1) is 10.2. The lowest BCUT2D eigenvalue weighted by Gasteiger charge is -2.07. The van der Waals surface area contributed by atoms with Crippen LogP contribution in [0.4, 0.5) is 0 Å². The van der Waals surface area contributed by atoms with E-state index in [1.54, 1.807) is 0 Å². The summed E-state index contributed by atoms with van der Waals surface area (Å²) in [6.07, 6.45) is 3.82. The summed E-state index contributed by atoms with van der Waals surface area (Å²) < 4.78 is 0. The van der Waals surface area contributed by atoms with E-state index in [4.69, 9.17) is 5.41 Å². The highest BCUT2D eigenvalue weighted by atomic mass is 14.7. The zero-order valence-electron chi connectivity index (χ0n) is 9.83. The van der Waals surface area contributed by atoms with Gasteiger partial charge in [0.05, 0.1) is 11.4 Å². The molecule has 1 aromatic carbocycles. The second kappa shape index (κ2) is 3.81. The molecule has 1 heterocycles. The lowest BCUT2D eigenvalue weighted by Crippen LogP contribution is -2.06. The maximum absolute atomic E-state index is 8.30. The van der Waals surface area contributed by atoms with Crippen molar-refractivity contribution in [2.24, 2.45) is 0 Å². The second-order valence-corrected chi connectivity index (χ2v) is 4.55. The summed E-state index contributed by atoms with van der Waals surface area (Å²) in [6.45, 7) is 2.05. The number of aromatic nitrogens is 1. The van der Waals surface area contributed by atoms with Crippen molar-refractivity contribution in [1.82, 2.24) is 4.98 Å². The van der Waals surface area contributed by atoms with Gasteiger partial charge in [-0.15, -0.1) is 0 Å². The lowest BCUT2D eigenvalue weighted by molar-refractivity contribution is 0.952. The predicted molar refractivity (Wildman–Crippen MR) is 68.8 cm³/mol. The summed E-state index contributed by atoms with van der Waals surface area (Å²) in [5.41, 5.74) is 6.07. The van der Waals surface area contributed by atoms with Crippen molar-refractivity contribution in [3.05, 3.63) is 64.5 Å². The molecule has 2 nitrogen and oxygen atoms in total. The molecule has 17 heavy (non-hydrogen) atoms. The van der Waals surface area contributed by atoms with E-state index in [1.807, 2.05) is 24.4 Å². The number of aryl methyl sites for hydroxylation is 3. The summed E-state index contributed by atoms with van der Waals surface area (Å²) >= 11 is 0. The molecule has 0 saturated heterocycles. The summed E-state index contributed by atoms with van der Waals surface area (Å²) in [4.78, 5) is 4.43. The Bertz CT molecular complexity index is 600. The molecule has 0 bridgehead atoms. The van der Waals surface area contributed by atoms with E-state index in [2.05, 4.69) is 24.0 Å². The Morgan fingerprint density at radius 1 is 1.12 bits per heavy atom. The van der Waals surface area contributed by atoms with Gasteiger partial charge in [0.25, 0.3) is 0 Å². The van der Waals surface area contributed by atoms with Gasteiger partial charge in [0, 0.05) is 11.8 Å². The fourth-order valence-electron chi connectivity index (χ4n) is 2.42. The van der Waals surface area contributed by atoms with Crippen LogP contribution in [-0.4, -0.2) is 10.7 Å². The Morgan fingerprint density at radius 3 is 2.76 bits per heavy atom. The summed E-state index contributed by atoms with van der Waals surface area (Å²) in [5, 5.41) is 8.30. The molecule has 3 rings (SSSR count). The number of rotatable bonds is 0. The molecule has 1 N–H and O–H groups in total. The predicted octanol–water partition coefficient (Wildman–Crippen LogP) is 2.90. The highest BCUT2D eigenvalue weighted by Crippen LogP contribution is 2.23. The van der Waals surface area contributed by atoms with Crippen LogP contribution < -0.4 is 0 Å². The van der Waals surface area contributed by atoms with Crippen LogP contribution in [0.5, 0.6) is 0 Å². The van der Waals surface area contributed by atoms with Crippen LogP contribution in [0.25, 0.3) is 0 Å². The van der Waals surface area contributed by atoms with Crippen molar-refractivity contribution in [3.8, 4) is 0 Å². The molecule has 0 radical (unpaired) electrons. The monoisotopic (exact) mass is 222 g/mol. The Hall–Kier alpha value is -1.96. The van der Waals surface area contributed by atoms with Gasteiger partial charge in [0.15, 0.2) is 0 Å². The van der Waals surface area contributed by atoms with E-state index in [0.717, 1.165) is 24.1 Å². The largest absolute Gasteiger partial charge is 0.298 e. The topological polar surface area (TPSA) is 36.7 Å². The molecule has 0 fully saturated rings. The van der Waals surface area contributed by atoms with Crippen LogP contribution in [0.15, 0.2) is 36.5 Å². The van der Waals surface area contributed by atoms with Gasteiger partial charge in [-0.3, -0.25) is 10.4 Å². The van der Waals surface area contributed by atoms with E-state index in [-0.39, 0.29) is 0 Å². The first-order valence-corrected chi connectivity index (χ1v) is 5.88. The summed E-state index contributed by atoms with van der Waals surface area (Å²) in [6, 6.07) is 10.3. The number of nitrogens with zero attached hydrogens (tertiary/aromatic N) is 1. The first-order chi connectivity index (χ1) is 8.25. The molecule has 84 valence electrons. The van der Waals surface area contributed by atoms with Crippen LogP contribution in [0.1, 0.15) is 27.9 Å². The lowest BCUT2D eigenvalue weighted by atomic mass is 10.0. The Morgan fingerprint density at radius 2 is 1.88 bits per heavy atom. The van der Waals surface area contributed by atoms with E-state index in [9.17, 15) is 0 Å². The zero-order chi connectivity index (χ0) is 11.8. The van der Waals surface area contributed by atoms with Crippen molar-refractivity contribution in [2.75, 3.05) is 0 Å². The maximum Gasteiger partial charge on any atom is 0.0917 e. The van der Waals surface area contributed by atoms with Crippen LogP contribution >= 0.6 is 0 Å². The minimum absolute atomic E-state index is 0.563. The fourth-order valence-corrected chi connectivity index (χ4v) is 2.42. The molecule has 0 aliphatic heterocycles. The quantitative estimate of drug-likeness (QED) is 0.731. The molecule has 1 aliphatic rings. The standard InChI is InChI=1S/C15H14N2/c1-10-8-12-7-6-11-4-2-3-5-13(11)14(16)15(12)17-9-10/h2-5,8-9,16H,6-7H2,1H3. The average Bonchev–Trinajstić information content (AvgIpc) is 2.48. The van der Waals surface area contributed by atoms with Crippen molar-refractivity contribution in [2.45, 2.75) is 19.8 Å². The molecule has 0 unspecified atom stereocenters. The molecule has 0 saturated carbocycles. The zero-order valence-corrected chi connectivity index (χ0v) is 9.83. The number of pyridine rings is 1. The molecule has 0 amide bonds. The van der Waals surface area contributed by atoms with Crippen molar-refractivity contribution in [1.29, 1.82) is 5.41 Å². The average molecular weight is 222 g/mol. The van der Waals surface area contributed by atoms with Gasteiger partial charge in [0.1, 0.15) is 0 Å². The van der Waals surface area contributed by atoms with E-state index in [0.29, 0.717) is 5.71 Å². The van der Waals surface area contributed by atoms with E-state index < -0.39 is 0 Å². The molecule has 0 spiro atoms. The molecular formula is C15H14N2. The van der Waals surface area contributed by atoms with E-state index >= 15 is 0 Å². The van der Waals surface area contributed by atoms with E-state index in [1.165, 1.54) is 16.7 Å². The fraction of sp³-hybridized carbons (Fsp3) is 0.200. The van der Waals surface area contributed by atoms with Crippen LogP contribution in [0, 0.1) is 12.3 Å². The van der Waals surface area contributed by atoms with Gasteiger partial charge >= 0.3 is 0 Å². The van der Waals surface area contributed by atoms with Crippen LogP contribution in [-0.2, 0) is 12.8 Å². The summed E-state index contributed by atoms with van der Waals surface area (Å²) in [5.74, 6) is 0. The Labute approximate surface area is 101 Å².